The molecule has 0 spiro atoms. The minimum atomic E-state index is 0.385. The van der Waals surface area contributed by atoms with Crippen molar-refractivity contribution < 1.29 is 0 Å². The van der Waals surface area contributed by atoms with Gasteiger partial charge in [0.1, 0.15) is 5.82 Å². The van der Waals surface area contributed by atoms with Crippen molar-refractivity contribution in [2.24, 2.45) is 0 Å². The fourth-order valence-corrected chi connectivity index (χ4v) is 3.05. The molecule has 1 aromatic carbocycles. The zero-order valence-electron chi connectivity index (χ0n) is 14.4. The molecule has 1 fully saturated rings. The number of hydrogen-bond acceptors (Lipinski definition) is 4. The van der Waals surface area contributed by atoms with E-state index in [1.165, 1.54) is 18.4 Å². The Kier molecular flexibility index (Phi) is 4.79. The van der Waals surface area contributed by atoms with Gasteiger partial charge >= 0.3 is 0 Å². The molecule has 0 aliphatic carbocycles. The number of hydrogen-bond donors (Lipinski definition) is 0. The van der Waals surface area contributed by atoms with Crippen LogP contribution in [0, 0.1) is 6.92 Å². The average Bonchev–Trinajstić information content (AvgIpc) is 3.07. The van der Waals surface area contributed by atoms with Gasteiger partial charge in [-0.1, -0.05) is 30.3 Å². The molecule has 4 nitrogen and oxygen atoms in total. The molecule has 1 aromatic heterocycles. The third-order valence-electron chi connectivity index (χ3n) is 4.33. The highest BCUT2D eigenvalue weighted by atomic mass is 15.3. The molecule has 1 aliphatic rings. The van der Waals surface area contributed by atoms with Crippen LogP contribution < -0.4 is 9.80 Å². The lowest BCUT2D eigenvalue weighted by Gasteiger charge is -2.29. The van der Waals surface area contributed by atoms with E-state index in [0.717, 1.165) is 37.1 Å². The van der Waals surface area contributed by atoms with Gasteiger partial charge in [-0.3, -0.25) is 0 Å². The van der Waals surface area contributed by atoms with E-state index in [-0.39, 0.29) is 0 Å². The summed E-state index contributed by atoms with van der Waals surface area (Å²) in [7, 11) is 0. The van der Waals surface area contributed by atoms with Crippen molar-refractivity contribution in [1.82, 2.24) is 9.97 Å². The molecule has 0 amide bonds. The Labute approximate surface area is 139 Å². The van der Waals surface area contributed by atoms with E-state index in [1.54, 1.807) is 0 Å². The van der Waals surface area contributed by atoms with Crippen LogP contribution in [0.3, 0.4) is 0 Å². The largest absolute Gasteiger partial charge is 0.350 e. The maximum absolute atomic E-state index is 4.87. The topological polar surface area (TPSA) is 32.3 Å². The summed E-state index contributed by atoms with van der Waals surface area (Å²) in [5.74, 6) is 1.91. The van der Waals surface area contributed by atoms with Crippen LogP contribution in [0.25, 0.3) is 0 Å². The molecule has 0 bridgehead atoms. The van der Waals surface area contributed by atoms with Crippen LogP contribution >= 0.6 is 0 Å². The van der Waals surface area contributed by atoms with Crippen molar-refractivity contribution in [3.05, 3.63) is 47.7 Å². The van der Waals surface area contributed by atoms with Crippen molar-refractivity contribution in [1.29, 1.82) is 0 Å². The zero-order chi connectivity index (χ0) is 16.2. The number of aryl methyl sites for hydroxylation is 1. The average molecular weight is 310 g/mol. The maximum Gasteiger partial charge on any atom is 0.227 e. The first-order valence-electron chi connectivity index (χ1n) is 8.54. The van der Waals surface area contributed by atoms with Gasteiger partial charge in [-0.05, 0) is 39.2 Å². The first-order chi connectivity index (χ1) is 11.1. The molecule has 0 N–H and O–H groups in total. The summed E-state index contributed by atoms with van der Waals surface area (Å²) in [5, 5.41) is 0. The van der Waals surface area contributed by atoms with E-state index >= 15 is 0 Å². The van der Waals surface area contributed by atoms with Crippen LogP contribution in [-0.4, -0.2) is 29.1 Å². The molecule has 1 aliphatic heterocycles. The maximum atomic E-state index is 4.87. The van der Waals surface area contributed by atoms with E-state index in [9.17, 15) is 0 Å². The van der Waals surface area contributed by atoms with E-state index in [2.05, 4.69) is 72.0 Å². The molecule has 1 saturated heterocycles. The number of rotatable bonds is 5. The van der Waals surface area contributed by atoms with Crippen LogP contribution in [-0.2, 0) is 6.54 Å². The molecule has 4 heteroatoms. The molecule has 0 radical (unpaired) electrons. The number of benzene rings is 1. The summed E-state index contributed by atoms with van der Waals surface area (Å²) in [4.78, 5) is 14.2. The van der Waals surface area contributed by atoms with Gasteiger partial charge in [0.2, 0.25) is 5.95 Å². The van der Waals surface area contributed by atoms with Crippen LogP contribution in [0.4, 0.5) is 11.8 Å². The predicted octanol–water partition coefficient (Wildman–Crippen LogP) is 3.80. The van der Waals surface area contributed by atoms with Crippen molar-refractivity contribution >= 4 is 11.8 Å². The third-order valence-corrected chi connectivity index (χ3v) is 4.33. The van der Waals surface area contributed by atoms with Crippen molar-refractivity contribution in [2.45, 2.75) is 46.2 Å². The SMILES string of the molecule is Cc1cc(N(Cc2ccccc2)C(C)C)nc(N2CCCC2)n1. The van der Waals surface area contributed by atoms with Gasteiger partial charge in [-0.25, -0.2) is 4.98 Å². The molecular formula is C19H26N4. The van der Waals surface area contributed by atoms with Crippen molar-refractivity contribution in [3.63, 3.8) is 0 Å². The molecule has 0 atom stereocenters. The van der Waals surface area contributed by atoms with Gasteiger partial charge < -0.3 is 9.80 Å². The normalized spacial score (nSPS) is 14.5. The second kappa shape index (κ2) is 6.99. The molecule has 2 heterocycles. The van der Waals surface area contributed by atoms with Gasteiger partial charge in [0, 0.05) is 37.4 Å². The summed E-state index contributed by atoms with van der Waals surface area (Å²) in [6, 6.07) is 13.1. The molecule has 0 saturated carbocycles. The predicted molar refractivity (Wildman–Crippen MR) is 96.0 cm³/mol. The van der Waals surface area contributed by atoms with Gasteiger partial charge in [-0.2, -0.15) is 4.98 Å². The Morgan fingerprint density at radius 3 is 2.43 bits per heavy atom. The minimum absolute atomic E-state index is 0.385. The van der Waals surface area contributed by atoms with Crippen molar-refractivity contribution in [3.8, 4) is 0 Å². The van der Waals surface area contributed by atoms with E-state index in [1.807, 2.05) is 0 Å². The number of nitrogens with zero attached hydrogens (tertiary/aromatic N) is 4. The molecule has 23 heavy (non-hydrogen) atoms. The Bertz CT molecular complexity index is 633. The van der Waals surface area contributed by atoms with Crippen LogP contribution in [0.2, 0.25) is 0 Å². The summed E-state index contributed by atoms with van der Waals surface area (Å²) >= 11 is 0. The first-order valence-corrected chi connectivity index (χ1v) is 8.54. The van der Waals surface area contributed by atoms with Crippen LogP contribution in [0.1, 0.15) is 37.9 Å². The summed E-state index contributed by atoms with van der Waals surface area (Å²) in [5.41, 5.74) is 2.34. The Balaban J connectivity index is 1.89. The van der Waals surface area contributed by atoms with E-state index in [4.69, 9.17) is 4.98 Å². The quantitative estimate of drug-likeness (QED) is 0.841. The standard InChI is InChI=1S/C19H26N4/c1-15(2)23(14-17-9-5-4-6-10-17)18-13-16(3)20-19(21-18)22-11-7-8-12-22/h4-6,9-10,13,15H,7-8,11-12,14H2,1-3H3. The number of anilines is 2. The summed E-state index contributed by atoms with van der Waals surface area (Å²) in [6.07, 6.45) is 2.48. The Morgan fingerprint density at radius 1 is 1.09 bits per heavy atom. The van der Waals surface area contributed by atoms with Crippen molar-refractivity contribution in [2.75, 3.05) is 22.9 Å². The Morgan fingerprint density at radius 2 is 1.78 bits per heavy atom. The van der Waals surface area contributed by atoms with Gasteiger partial charge in [0.15, 0.2) is 0 Å². The smallest absolute Gasteiger partial charge is 0.227 e. The molecule has 122 valence electrons. The van der Waals surface area contributed by atoms with E-state index < -0.39 is 0 Å². The second-order valence-electron chi connectivity index (χ2n) is 6.57. The van der Waals surface area contributed by atoms with Gasteiger partial charge in [0.25, 0.3) is 0 Å². The Hall–Kier alpha value is -2.10. The highest BCUT2D eigenvalue weighted by molar-refractivity contribution is 5.47. The zero-order valence-corrected chi connectivity index (χ0v) is 14.4. The fraction of sp³-hybridized carbons (Fsp3) is 0.474. The van der Waals surface area contributed by atoms with Gasteiger partial charge in [-0.15, -0.1) is 0 Å². The van der Waals surface area contributed by atoms with Crippen LogP contribution in [0.5, 0.6) is 0 Å². The molecule has 2 aromatic rings. The highest BCUT2D eigenvalue weighted by Gasteiger charge is 2.19. The first kappa shape index (κ1) is 15.8. The highest BCUT2D eigenvalue weighted by Crippen LogP contribution is 2.23. The van der Waals surface area contributed by atoms with Gasteiger partial charge in [0.05, 0.1) is 0 Å². The molecule has 0 unspecified atom stereocenters. The minimum Gasteiger partial charge on any atom is -0.350 e. The summed E-state index contributed by atoms with van der Waals surface area (Å²) in [6.45, 7) is 9.51. The lowest BCUT2D eigenvalue weighted by Crippen LogP contribution is -2.32. The molecular weight excluding hydrogens is 284 g/mol. The summed E-state index contributed by atoms with van der Waals surface area (Å²) < 4.78 is 0. The lowest BCUT2D eigenvalue weighted by molar-refractivity contribution is 0.669. The monoisotopic (exact) mass is 310 g/mol. The van der Waals surface area contributed by atoms with E-state index in [0.29, 0.717) is 6.04 Å². The van der Waals surface area contributed by atoms with Crippen LogP contribution in [0.15, 0.2) is 36.4 Å². The fourth-order valence-electron chi connectivity index (χ4n) is 3.05. The third kappa shape index (κ3) is 3.81. The number of aromatic nitrogens is 2. The lowest BCUT2D eigenvalue weighted by atomic mass is 10.2. The second-order valence-corrected chi connectivity index (χ2v) is 6.57. The molecule has 3 rings (SSSR count).